The summed E-state index contributed by atoms with van der Waals surface area (Å²) in [7, 11) is 0. The molecule has 1 aliphatic carbocycles. The van der Waals surface area contributed by atoms with Crippen LogP contribution >= 0.6 is 11.8 Å². The van der Waals surface area contributed by atoms with E-state index in [2.05, 4.69) is 110 Å². The van der Waals surface area contributed by atoms with Crippen LogP contribution in [0.3, 0.4) is 0 Å². The van der Waals surface area contributed by atoms with E-state index >= 15 is 0 Å². The molecule has 44 heavy (non-hydrogen) atoms. The van der Waals surface area contributed by atoms with E-state index in [4.69, 9.17) is 9.97 Å². The van der Waals surface area contributed by atoms with Crippen molar-refractivity contribution >= 4 is 29.5 Å². The molecule has 2 nitrogen and oxygen atoms in total. The van der Waals surface area contributed by atoms with Gasteiger partial charge in [0.1, 0.15) is 0 Å². The highest BCUT2D eigenvalue weighted by atomic mass is 32.2. The van der Waals surface area contributed by atoms with Gasteiger partial charge in [-0.3, -0.25) is 0 Å². The van der Waals surface area contributed by atoms with Gasteiger partial charge in [0.05, 0.1) is 16.8 Å². The molecule has 212 valence electrons. The Morgan fingerprint density at radius 3 is 2.02 bits per heavy atom. The first-order valence-electron chi connectivity index (χ1n) is 14.9. The number of aromatic nitrogens is 2. The van der Waals surface area contributed by atoms with Crippen molar-refractivity contribution in [1.29, 1.82) is 0 Å². The fraction of sp³-hybridized carbons (Fsp3) is 0.0732. The van der Waals surface area contributed by atoms with E-state index in [-0.39, 0.29) is 0 Å². The number of benzene rings is 4. The molecule has 7 rings (SSSR count). The summed E-state index contributed by atoms with van der Waals surface area (Å²) in [6.07, 6.45) is 13.7. The van der Waals surface area contributed by atoms with Gasteiger partial charge in [-0.15, -0.1) is 0 Å². The van der Waals surface area contributed by atoms with Crippen LogP contribution in [0.15, 0.2) is 144 Å². The second-order valence-electron chi connectivity index (χ2n) is 10.9. The highest BCUT2D eigenvalue weighted by Gasteiger charge is 2.50. The molecule has 5 aromatic rings. The fourth-order valence-corrected chi connectivity index (χ4v) is 8.07. The third kappa shape index (κ3) is 4.04. The van der Waals surface area contributed by atoms with E-state index in [9.17, 15) is 0 Å². The van der Waals surface area contributed by atoms with Crippen LogP contribution in [0.5, 0.6) is 0 Å². The van der Waals surface area contributed by atoms with Crippen LogP contribution < -0.4 is 0 Å². The minimum absolute atomic E-state index is 0.445. The maximum Gasteiger partial charge on any atom is 0.160 e. The van der Waals surface area contributed by atoms with Crippen LogP contribution in [-0.4, -0.2) is 9.97 Å². The highest BCUT2D eigenvalue weighted by Crippen LogP contribution is 2.63. The zero-order chi connectivity index (χ0) is 30.3. The average Bonchev–Trinajstić information content (AvgIpc) is 3.36. The molecule has 0 radical (unpaired) electrons. The van der Waals surface area contributed by atoms with Crippen molar-refractivity contribution < 1.29 is 0 Å². The van der Waals surface area contributed by atoms with Gasteiger partial charge in [0.2, 0.25) is 0 Å². The van der Waals surface area contributed by atoms with Gasteiger partial charge in [0.25, 0.3) is 0 Å². The Labute approximate surface area is 264 Å². The largest absolute Gasteiger partial charge is 0.228 e. The SMILES string of the molecule is C=C/C=C\C(=C/C)c1nc(C=C)c(/C=C\C)c(-c2cccc3c2-c2ccccc2C32c3ccccc3Sc3ccccc32)n1. The molecule has 1 aromatic heterocycles. The van der Waals surface area contributed by atoms with Crippen LogP contribution in [0.25, 0.3) is 40.1 Å². The fourth-order valence-electron chi connectivity index (χ4n) is 6.88. The molecule has 4 aromatic carbocycles. The predicted molar refractivity (Wildman–Crippen MR) is 187 cm³/mol. The molecule has 0 fully saturated rings. The lowest BCUT2D eigenvalue weighted by Gasteiger charge is -2.39. The second-order valence-corrected chi connectivity index (χ2v) is 11.9. The number of rotatable bonds is 6. The molecule has 0 bridgehead atoms. The molecule has 2 aliphatic rings. The number of allylic oxidation sites excluding steroid dienone is 6. The van der Waals surface area contributed by atoms with Gasteiger partial charge in [-0.1, -0.05) is 140 Å². The van der Waals surface area contributed by atoms with Crippen LogP contribution in [0.2, 0.25) is 0 Å². The summed E-state index contributed by atoms with van der Waals surface area (Å²) in [5.41, 5.74) is 11.9. The quantitative estimate of drug-likeness (QED) is 0.182. The lowest BCUT2D eigenvalue weighted by molar-refractivity contribution is 0.722. The minimum atomic E-state index is -0.445. The van der Waals surface area contributed by atoms with Crippen molar-refractivity contribution in [2.45, 2.75) is 29.1 Å². The smallest absolute Gasteiger partial charge is 0.160 e. The Morgan fingerprint density at radius 2 is 1.36 bits per heavy atom. The summed E-state index contributed by atoms with van der Waals surface area (Å²) in [5, 5.41) is 0. The van der Waals surface area contributed by atoms with Gasteiger partial charge in [-0.05, 0) is 65.4 Å². The molecule has 0 unspecified atom stereocenters. The summed E-state index contributed by atoms with van der Waals surface area (Å²) in [6, 6.07) is 33.4. The monoisotopic (exact) mass is 584 g/mol. The number of nitrogens with zero attached hydrogens (tertiary/aromatic N) is 2. The molecule has 2 heterocycles. The van der Waals surface area contributed by atoms with Crippen LogP contribution in [-0.2, 0) is 5.41 Å². The third-order valence-corrected chi connectivity index (χ3v) is 9.76. The number of fused-ring (bicyclic) bond motifs is 9. The topological polar surface area (TPSA) is 25.8 Å². The Hall–Kier alpha value is -4.99. The van der Waals surface area contributed by atoms with E-state index in [1.165, 1.54) is 43.2 Å². The summed E-state index contributed by atoms with van der Waals surface area (Å²) in [4.78, 5) is 12.8. The van der Waals surface area contributed by atoms with Crippen molar-refractivity contribution in [3.63, 3.8) is 0 Å². The first kappa shape index (κ1) is 27.8. The maximum atomic E-state index is 5.30. The number of hydrogen-bond donors (Lipinski definition) is 0. The average molecular weight is 585 g/mol. The van der Waals surface area contributed by atoms with Gasteiger partial charge >= 0.3 is 0 Å². The Kier molecular flexibility index (Phi) is 7.12. The Morgan fingerprint density at radius 1 is 0.727 bits per heavy atom. The maximum absolute atomic E-state index is 5.30. The predicted octanol–water partition coefficient (Wildman–Crippen LogP) is 10.8. The van der Waals surface area contributed by atoms with Gasteiger partial charge in [-0.25, -0.2) is 9.97 Å². The summed E-state index contributed by atoms with van der Waals surface area (Å²) >= 11 is 1.86. The molecule has 0 amide bonds. The van der Waals surface area contributed by atoms with Gasteiger partial charge in [-0.2, -0.15) is 0 Å². The summed E-state index contributed by atoms with van der Waals surface area (Å²) in [6.45, 7) is 12.0. The molecular formula is C41H32N2S. The first-order valence-corrected chi connectivity index (χ1v) is 15.7. The van der Waals surface area contributed by atoms with Gasteiger partial charge in [0, 0.05) is 26.5 Å². The van der Waals surface area contributed by atoms with Crippen LogP contribution in [0.4, 0.5) is 0 Å². The third-order valence-electron chi connectivity index (χ3n) is 8.61. The van der Waals surface area contributed by atoms with E-state index in [1.807, 2.05) is 56.0 Å². The van der Waals surface area contributed by atoms with Gasteiger partial charge in [0.15, 0.2) is 5.82 Å². The normalized spacial score (nSPS) is 14.4. The van der Waals surface area contributed by atoms with E-state index in [0.717, 1.165) is 28.1 Å². The Balaban J connectivity index is 1.61. The molecule has 0 saturated carbocycles. The summed E-state index contributed by atoms with van der Waals surface area (Å²) in [5.74, 6) is 0.659. The van der Waals surface area contributed by atoms with Crippen molar-refractivity contribution in [2.75, 3.05) is 0 Å². The molecule has 1 aliphatic heterocycles. The molecule has 0 saturated heterocycles. The minimum Gasteiger partial charge on any atom is -0.228 e. The lowest BCUT2D eigenvalue weighted by atomic mass is 9.67. The standard InChI is InChI=1S/C41H32N2S/c1-5-9-18-27(7-3)40-42-35(8-4)29(17-6-2)39(43-40)30-20-16-24-34-38(30)28-19-10-11-21-31(28)41(34)32-22-12-14-25-36(32)44-37-26-15-13-23-33(37)41/h5-26H,1,4H2,2-3H3/b17-6-,18-9-,27-7+. The van der Waals surface area contributed by atoms with Crippen LogP contribution in [0, 0.1) is 0 Å². The van der Waals surface area contributed by atoms with E-state index in [1.54, 1.807) is 6.08 Å². The molecule has 0 atom stereocenters. The second kappa shape index (κ2) is 11.3. The Bertz CT molecular complexity index is 2010. The van der Waals surface area contributed by atoms with Crippen LogP contribution in [0.1, 0.15) is 53.2 Å². The molecule has 1 spiro atoms. The molecule has 0 N–H and O–H groups in total. The van der Waals surface area contributed by atoms with Crippen molar-refractivity contribution in [1.82, 2.24) is 9.97 Å². The van der Waals surface area contributed by atoms with E-state index in [0.29, 0.717) is 5.82 Å². The van der Waals surface area contributed by atoms with Crippen molar-refractivity contribution in [2.24, 2.45) is 0 Å². The zero-order valence-electron chi connectivity index (χ0n) is 24.9. The summed E-state index contributed by atoms with van der Waals surface area (Å²) < 4.78 is 0. The van der Waals surface area contributed by atoms with Crippen molar-refractivity contribution in [3.05, 3.63) is 174 Å². The zero-order valence-corrected chi connectivity index (χ0v) is 25.7. The molecule has 3 heteroatoms. The number of hydrogen-bond acceptors (Lipinski definition) is 3. The molecular weight excluding hydrogens is 553 g/mol. The lowest BCUT2D eigenvalue weighted by Crippen LogP contribution is -2.31. The van der Waals surface area contributed by atoms with Gasteiger partial charge < -0.3 is 0 Å². The first-order chi connectivity index (χ1) is 21.7. The highest BCUT2D eigenvalue weighted by molar-refractivity contribution is 7.99. The van der Waals surface area contributed by atoms with E-state index < -0.39 is 5.41 Å². The van der Waals surface area contributed by atoms with Crippen molar-refractivity contribution in [3.8, 4) is 22.4 Å².